The molecule has 0 aliphatic carbocycles. The summed E-state index contributed by atoms with van der Waals surface area (Å²) in [5.74, 6) is -2.28. The first-order valence-corrected chi connectivity index (χ1v) is 10.7. The van der Waals surface area contributed by atoms with E-state index in [1.54, 1.807) is 24.3 Å². The average molecular weight is 467 g/mol. The largest absolute Gasteiger partial charge is 0.496 e. The lowest BCUT2D eigenvalue weighted by atomic mass is 10.0. The molecular formula is C26H23F2NO5. The van der Waals surface area contributed by atoms with Crippen molar-refractivity contribution in [2.45, 2.75) is 32.0 Å². The number of carboxylic acid groups (broad SMARTS) is 1. The van der Waals surface area contributed by atoms with Crippen molar-refractivity contribution >= 4 is 11.9 Å². The minimum atomic E-state index is -0.991. The van der Waals surface area contributed by atoms with Gasteiger partial charge < -0.3 is 19.5 Å². The first-order valence-electron chi connectivity index (χ1n) is 10.7. The molecule has 0 aromatic heterocycles. The number of carbonyl (C=O) groups excluding carboxylic acids is 1. The molecule has 1 amide bonds. The van der Waals surface area contributed by atoms with E-state index in [1.807, 2.05) is 24.3 Å². The molecular weight excluding hydrogens is 444 g/mol. The zero-order valence-corrected chi connectivity index (χ0v) is 18.5. The van der Waals surface area contributed by atoms with Crippen molar-refractivity contribution in [2.75, 3.05) is 7.11 Å². The third kappa shape index (κ3) is 5.01. The maximum Gasteiger partial charge on any atom is 0.326 e. The number of halogens is 2. The molecule has 6 nitrogen and oxygen atoms in total. The quantitative estimate of drug-likeness (QED) is 0.515. The maximum atomic E-state index is 13.7. The van der Waals surface area contributed by atoms with Gasteiger partial charge in [-0.3, -0.25) is 4.79 Å². The Balaban J connectivity index is 1.42. The Kier molecular flexibility index (Phi) is 6.77. The van der Waals surface area contributed by atoms with Gasteiger partial charge in [0.25, 0.3) is 0 Å². The molecule has 1 fully saturated rings. The molecule has 0 unspecified atom stereocenters. The molecule has 1 aliphatic heterocycles. The number of aliphatic carboxylic acids is 1. The molecule has 3 aromatic rings. The highest BCUT2D eigenvalue weighted by molar-refractivity contribution is 5.87. The average Bonchev–Trinajstić information content (AvgIpc) is 3.20. The summed E-state index contributed by atoms with van der Waals surface area (Å²) < 4.78 is 38.2. The zero-order valence-electron chi connectivity index (χ0n) is 18.5. The van der Waals surface area contributed by atoms with Crippen LogP contribution in [0, 0.1) is 11.6 Å². The van der Waals surface area contributed by atoms with E-state index in [0.29, 0.717) is 23.3 Å². The summed E-state index contributed by atoms with van der Waals surface area (Å²) >= 11 is 0. The molecule has 176 valence electrons. The van der Waals surface area contributed by atoms with Crippen molar-refractivity contribution in [2.24, 2.45) is 0 Å². The highest BCUT2D eigenvalue weighted by atomic mass is 19.2. The molecule has 1 saturated heterocycles. The number of methoxy groups -OCH3 is 1. The highest BCUT2D eigenvalue weighted by Crippen LogP contribution is 2.33. The number of carboxylic acids is 1. The Bertz CT molecular complexity index is 1210. The molecule has 4 rings (SSSR count). The van der Waals surface area contributed by atoms with Crippen LogP contribution in [0.15, 0.2) is 60.7 Å². The number of ether oxygens (including phenoxy) is 2. The van der Waals surface area contributed by atoms with Crippen LogP contribution in [0.25, 0.3) is 11.1 Å². The van der Waals surface area contributed by atoms with Crippen molar-refractivity contribution < 1.29 is 33.0 Å². The number of carbonyl (C=O) groups is 2. The molecule has 1 heterocycles. The predicted molar refractivity (Wildman–Crippen MR) is 120 cm³/mol. The summed E-state index contributed by atoms with van der Waals surface area (Å²) in [6.07, 6.45) is 0.565. The van der Waals surface area contributed by atoms with Gasteiger partial charge in [-0.1, -0.05) is 36.4 Å². The molecule has 0 spiro atoms. The van der Waals surface area contributed by atoms with Gasteiger partial charge in [0, 0.05) is 24.6 Å². The fraction of sp³-hybridized carbons (Fsp3) is 0.231. The Morgan fingerprint density at radius 1 is 1.06 bits per heavy atom. The van der Waals surface area contributed by atoms with E-state index in [0.717, 1.165) is 23.3 Å². The van der Waals surface area contributed by atoms with E-state index < -0.39 is 23.6 Å². The Labute approximate surface area is 195 Å². The van der Waals surface area contributed by atoms with Crippen molar-refractivity contribution in [3.63, 3.8) is 0 Å². The fourth-order valence-corrected chi connectivity index (χ4v) is 4.02. The minimum Gasteiger partial charge on any atom is -0.496 e. The second-order valence-electron chi connectivity index (χ2n) is 8.01. The first-order chi connectivity index (χ1) is 16.4. The SMILES string of the molecule is COc1cc(F)c(F)cc1-c1ccc(OCc2cccc(CN3C(=O)CC[C@H]3C(=O)O)c2)cc1. The molecule has 1 N–H and O–H groups in total. The number of benzene rings is 3. The van der Waals surface area contributed by atoms with E-state index >= 15 is 0 Å². The Morgan fingerprint density at radius 3 is 2.47 bits per heavy atom. The second-order valence-corrected chi connectivity index (χ2v) is 8.01. The van der Waals surface area contributed by atoms with Crippen LogP contribution in [0.3, 0.4) is 0 Å². The summed E-state index contributed by atoms with van der Waals surface area (Å²) in [6, 6.07) is 15.7. The summed E-state index contributed by atoms with van der Waals surface area (Å²) in [7, 11) is 1.39. The lowest BCUT2D eigenvalue weighted by Gasteiger charge is -2.22. The van der Waals surface area contributed by atoms with Gasteiger partial charge in [0.2, 0.25) is 5.91 Å². The molecule has 1 atom stereocenters. The minimum absolute atomic E-state index is 0.160. The van der Waals surface area contributed by atoms with Gasteiger partial charge in [-0.15, -0.1) is 0 Å². The lowest BCUT2D eigenvalue weighted by Crippen LogP contribution is -2.37. The zero-order chi connectivity index (χ0) is 24.2. The van der Waals surface area contributed by atoms with Gasteiger partial charge in [-0.05, 0) is 41.3 Å². The molecule has 0 radical (unpaired) electrons. The van der Waals surface area contributed by atoms with Crippen molar-refractivity contribution in [1.82, 2.24) is 4.90 Å². The normalized spacial score (nSPS) is 15.4. The standard InChI is InChI=1S/C26H23F2NO5/c1-33-24-13-22(28)21(27)12-20(24)18-5-7-19(8-6-18)34-15-17-4-2-3-16(11-17)14-29-23(26(31)32)9-10-25(29)30/h2-8,11-13,23H,9-10,14-15H2,1H3,(H,31,32)/t23-/m0/s1. The number of nitrogens with zero attached hydrogens (tertiary/aromatic N) is 1. The fourth-order valence-electron chi connectivity index (χ4n) is 4.02. The van der Waals surface area contributed by atoms with Gasteiger partial charge in [0.05, 0.1) is 7.11 Å². The van der Waals surface area contributed by atoms with E-state index in [9.17, 15) is 23.5 Å². The molecule has 0 bridgehead atoms. The third-order valence-corrected chi connectivity index (χ3v) is 5.77. The monoisotopic (exact) mass is 467 g/mol. The predicted octanol–water partition coefficient (Wildman–Crippen LogP) is 4.80. The Hall–Kier alpha value is -3.94. The van der Waals surface area contributed by atoms with Gasteiger partial charge in [-0.2, -0.15) is 0 Å². The van der Waals surface area contributed by atoms with Gasteiger partial charge in [0.15, 0.2) is 11.6 Å². The second kappa shape index (κ2) is 9.91. The van der Waals surface area contributed by atoms with E-state index in [1.165, 1.54) is 12.0 Å². The summed E-state index contributed by atoms with van der Waals surface area (Å²) in [4.78, 5) is 24.9. The number of rotatable bonds is 8. The molecule has 0 saturated carbocycles. The molecule has 1 aliphatic rings. The van der Waals surface area contributed by atoms with Gasteiger partial charge in [0.1, 0.15) is 24.1 Å². The molecule has 34 heavy (non-hydrogen) atoms. The first kappa shape index (κ1) is 23.2. The maximum absolute atomic E-state index is 13.7. The summed E-state index contributed by atoms with van der Waals surface area (Å²) in [5, 5.41) is 9.34. The smallest absolute Gasteiger partial charge is 0.326 e. The summed E-state index contributed by atoms with van der Waals surface area (Å²) in [6.45, 7) is 0.492. The van der Waals surface area contributed by atoms with E-state index in [4.69, 9.17) is 9.47 Å². The van der Waals surface area contributed by atoms with Crippen LogP contribution in [0.1, 0.15) is 24.0 Å². The molecule has 3 aromatic carbocycles. The summed E-state index contributed by atoms with van der Waals surface area (Å²) in [5.41, 5.74) is 2.76. The van der Waals surface area contributed by atoms with E-state index in [2.05, 4.69) is 0 Å². The third-order valence-electron chi connectivity index (χ3n) is 5.77. The van der Waals surface area contributed by atoms with Crippen LogP contribution in [0.5, 0.6) is 11.5 Å². The lowest BCUT2D eigenvalue weighted by molar-refractivity contribution is -0.146. The number of hydrogen-bond acceptors (Lipinski definition) is 4. The highest BCUT2D eigenvalue weighted by Gasteiger charge is 2.35. The van der Waals surface area contributed by atoms with Crippen LogP contribution in [0.2, 0.25) is 0 Å². The van der Waals surface area contributed by atoms with E-state index in [-0.39, 0.29) is 31.2 Å². The topological polar surface area (TPSA) is 76.1 Å². The number of hydrogen-bond donors (Lipinski definition) is 1. The number of amides is 1. The molecule has 8 heteroatoms. The Morgan fingerprint density at radius 2 is 1.76 bits per heavy atom. The van der Waals surface area contributed by atoms with Crippen LogP contribution in [-0.4, -0.2) is 35.0 Å². The van der Waals surface area contributed by atoms with Gasteiger partial charge in [-0.25, -0.2) is 13.6 Å². The number of likely N-dealkylation sites (tertiary alicyclic amines) is 1. The van der Waals surface area contributed by atoms with Crippen molar-refractivity contribution in [3.05, 3.63) is 83.4 Å². The van der Waals surface area contributed by atoms with Crippen LogP contribution < -0.4 is 9.47 Å². The van der Waals surface area contributed by atoms with Gasteiger partial charge >= 0.3 is 5.97 Å². The van der Waals surface area contributed by atoms with Crippen LogP contribution >= 0.6 is 0 Å². The van der Waals surface area contributed by atoms with Crippen LogP contribution in [-0.2, 0) is 22.7 Å². The van der Waals surface area contributed by atoms with Crippen LogP contribution in [0.4, 0.5) is 8.78 Å². The van der Waals surface area contributed by atoms with Crippen molar-refractivity contribution in [1.29, 1.82) is 0 Å². The van der Waals surface area contributed by atoms with Crippen molar-refractivity contribution in [3.8, 4) is 22.6 Å².